The third-order valence-electron chi connectivity index (χ3n) is 6.46. The Morgan fingerprint density at radius 3 is 2.79 bits per heavy atom. The molecule has 2 aliphatic rings. The average molecular weight is 443 g/mol. The number of amides is 2. The highest BCUT2D eigenvalue weighted by Gasteiger charge is 2.24. The van der Waals surface area contributed by atoms with Crippen LogP contribution in [0.5, 0.6) is 0 Å². The molecule has 0 radical (unpaired) electrons. The van der Waals surface area contributed by atoms with Gasteiger partial charge in [-0.1, -0.05) is 48.5 Å². The van der Waals surface area contributed by atoms with Crippen molar-refractivity contribution in [2.24, 2.45) is 0 Å². The Morgan fingerprint density at radius 1 is 1.12 bits per heavy atom. The van der Waals surface area contributed by atoms with Gasteiger partial charge in [0.2, 0.25) is 0 Å². The molecule has 2 heterocycles. The van der Waals surface area contributed by atoms with Gasteiger partial charge in [0.05, 0.1) is 18.8 Å². The van der Waals surface area contributed by atoms with E-state index in [4.69, 9.17) is 4.74 Å². The Morgan fingerprint density at radius 2 is 2.00 bits per heavy atom. The van der Waals surface area contributed by atoms with E-state index in [0.717, 1.165) is 43.9 Å². The van der Waals surface area contributed by atoms with E-state index in [-0.39, 0.29) is 18.2 Å². The average Bonchev–Trinajstić information content (AvgIpc) is 3.25. The number of anilines is 1. The molecule has 2 atom stereocenters. The van der Waals surface area contributed by atoms with Gasteiger partial charge >= 0.3 is 6.03 Å². The fourth-order valence-electron chi connectivity index (χ4n) is 4.69. The van der Waals surface area contributed by atoms with E-state index >= 15 is 0 Å². The third kappa shape index (κ3) is 5.01. The Balaban J connectivity index is 1.17. The number of aromatic nitrogens is 1. The van der Waals surface area contributed by atoms with Crippen molar-refractivity contribution in [2.75, 3.05) is 24.6 Å². The van der Waals surface area contributed by atoms with Crippen molar-refractivity contribution in [1.29, 1.82) is 0 Å². The molecule has 1 saturated heterocycles. The molecule has 6 heteroatoms. The minimum absolute atomic E-state index is 0.0347. The summed E-state index contributed by atoms with van der Waals surface area (Å²) in [4.78, 5) is 19.4. The fourth-order valence-corrected chi connectivity index (χ4v) is 4.69. The van der Waals surface area contributed by atoms with Gasteiger partial charge in [-0.15, -0.1) is 0 Å². The summed E-state index contributed by atoms with van der Waals surface area (Å²) in [6, 6.07) is 20.9. The standard InChI is InChI=1S/C27H30N4O2/c1-19-18-31(13-14-33-19)26-12-7-20(16-28-26)17-29-27(32)30-25-11-10-22-8-9-23(15-24(22)25)21-5-3-2-4-6-21/h2-9,12,15-16,19,25H,10-11,13-14,17-18H2,1H3,(H2,29,30,32). The maximum absolute atomic E-state index is 12.6. The van der Waals surface area contributed by atoms with E-state index in [1.54, 1.807) is 0 Å². The Kier molecular flexibility index (Phi) is 6.26. The lowest BCUT2D eigenvalue weighted by Gasteiger charge is -2.32. The molecule has 0 spiro atoms. The molecule has 5 rings (SSSR count). The number of hydrogen-bond acceptors (Lipinski definition) is 4. The predicted molar refractivity (Wildman–Crippen MR) is 130 cm³/mol. The monoisotopic (exact) mass is 442 g/mol. The number of fused-ring (bicyclic) bond motifs is 1. The second kappa shape index (κ2) is 9.63. The van der Waals surface area contributed by atoms with Crippen LogP contribution < -0.4 is 15.5 Å². The molecule has 2 unspecified atom stereocenters. The van der Waals surface area contributed by atoms with Crippen LogP contribution in [0.4, 0.5) is 10.6 Å². The maximum Gasteiger partial charge on any atom is 0.315 e. The number of nitrogens with one attached hydrogen (secondary N) is 2. The lowest BCUT2D eigenvalue weighted by molar-refractivity contribution is 0.0529. The first kappa shape index (κ1) is 21.5. The molecule has 170 valence electrons. The topological polar surface area (TPSA) is 66.5 Å². The smallest absolute Gasteiger partial charge is 0.315 e. The largest absolute Gasteiger partial charge is 0.375 e. The van der Waals surface area contributed by atoms with E-state index < -0.39 is 0 Å². The third-order valence-corrected chi connectivity index (χ3v) is 6.46. The molecular formula is C27H30N4O2. The zero-order chi connectivity index (χ0) is 22.6. The van der Waals surface area contributed by atoms with E-state index in [1.807, 2.05) is 24.4 Å². The molecule has 0 bridgehead atoms. The Labute approximate surface area is 195 Å². The molecule has 0 saturated carbocycles. The zero-order valence-corrected chi connectivity index (χ0v) is 19.0. The quantitative estimate of drug-likeness (QED) is 0.612. The second-order valence-electron chi connectivity index (χ2n) is 8.85. The number of carbonyl (C=O) groups excluding carboxylic acids is 1. The molecule has 1 aromatic heterocycles. The number of nitrogens with zero attached hydrogens (tertiary/aromatic N) is 2. The van der Waals surface area contributed by atoms with Crippen molar-refractivity contribution in [1.82, 2.24) is 15.6 Å². The van der Waals surface area contributed by atoms with Crippen LogP contribution in [0.2, 0.25) is 0 Å². The van der Waals surface area contributed by atoms with Gasteiger partial charge in [-0.2, -0.15) is 0 Å². The molecular weight excluding hydrogens is 412 g/mol. The highest BCUT2D eigenvalue weighted by Crippen LogP contribution is 2.34. The molecule has 1 fully saturated rings. The van der Waals surface area contributed by atoms with Gasteiger partial charge in [0.15, 0.2) is 0 Å². The molecule has 2 aromatic carbocycles. The van der Waals surface area contributed by atoms with E-state index in [9.17, 15) is 4.79 Å². The van der Waals surface area contributed by atoms with Gasteiger partial charge in [0.25, 0.3) is 0 Å². The highest BCUT2D eigenvalue weighted by atomic mass is 16.5. The van der Waals surface area contributed by atoms with Gasteiger partial charge in [-0.05, 0) is 59.7 Å². The highest BCUT2D eigenvalue weighted by molar-refractivity contribution is 5.75. The molecule has 6 nitrogen and oxygen atoms in total. The van der Waals surface area contributed by atoms with E-state index in [0.29, 0.717) is 6.54 Å². The minimum atomic E-state index is -0.149. The normalized spacial score (nSPS) is 19.7. The second-order valence-corrected chi connectivity index (χ2v) is 8.85. The van der Waals surface area contributed by atoms with Gasteiger partial charge in [0, 0.05) is 25.8 Å². The minimum Gasteiger partial charge on any atom is -0.375 e. The molecule has 1 aliphatic heterocycles. The van der Waals surface area contributed by atoms with Gasteiger partial charge in [0.1, 0.15) is 5.82 Å². The van der Waals surface area contributed by atoms with Gasteiger partial charge in [-0.25, -0.2) is 9.78 Å². The van der Waals surface area contributed by atoms with Crippen LogP contribution in [0.25, 0.3) is 11.1 Å². The van der Waals surface area contributed by atoms with Crippen LogP contribution in [-0.2, 0) is 17.7 Å². The maximum atomic E-state index is 12.6. The van der Waals surface area contributed by atoms with Crippen molar-refractivity contribution < 1.29 is 9.53 Å². The lowest BCUT2D eigenvalue weighted by Crippen LogP contribution is -2.41. The van der Waals surface area contributed by atoms with Crippen LogP contribution in [0.1, 0.15) is 36.1 Å². The number of benzene rings is 2. The van der Waals surface area contributed by atoms with Crippen LogP contribution in [0, 0.1) is 0 Å². The summed E-state index contributed by atoms with van der Waals surface area (Å²) < 4.78 is 5.60. The number of aryl methyl sites for hydroxylation is 1. The molecule has 33 heavy (non-hydrogen) atoms. The van der Waals surface area contributed by atoms with E-state index in [1.165, 1.54) is 22.3 Å². The van der Waals surface area contributed by atoms with Crippen molar-refractivity contribution in [3.8, 4) is 11.1 Å². The number of morpholine rings is 1. The van der Waals surface area contributed by atoms with Crippen LogP contribution in [-0.4, -0.2) is 36.8 Å². The van der Waals surface area contributed by atoms with Gasteiger partial charge in [-0.3, -0.25) is 0 Å². The number of ether oxygens (including phenoxy) is 1. The summed E-state index contributed by atoms with van der Waals surface area (Å²) in [6.45, 7) is 4.95. The molecule has 1 aliphatic carbocycles. The number of carbonyl (C=O) groups is 1. The summed E-state index contributed by atoms with van der Waals surface area (Å²) in [5.41, 5.74) is 5.89. The van der Waals surface area contributed by atoms with Crippen molar-refractivity contribution in [2.45, 2.75) is 38.5 Å². The molecule has 2 N–H and O–H groups in total. The Bertz CT molecular complexity index is 1100. The van der Waals surface area contributed by atoms with Crippen molar-refractivity contribution >= 4 is 11.8 Å². The SMILES string of the molecule is CC1CN(c2ccc(CNC(=O)NC3CCc4ccc(-c5ccccc5)cc43)cn2)CCO1. The van der Waals surface area contributed by atoms with Crippen LogP contribution in [0.15, 0.2) is 66.9 Å². The first-order valence-corrected chi connectivity index (χ1v) is 11.7. The van der Waals surface area contributed by atoms with Gasteiger partial charge < -0.3 is 20.3 Å². The number of pyridine rings is 1. The summed E-state index contributed by atoms with van der Waals surface area (Å²) in [5, 5.41) is 6.14. The van der Waals surface area contributed by atoms with Crippen molar-refractivity contribution in [3.05, 3.63) is 83.6 Å². The fraction of sp³-hybridized carbons (Fsp3) is 0.333. The lowest BCUT2D eigenvalue weighted by atomic mass is 9.99. The van der Waals surface area contributed by atoms with Crippen LogP contribution >= 0.6 is 0 Å². The summed E-state index contributed by atoms with van der Waals surface area (Å²) in [6.07, 6.45) is 3.97. The zero-order valence-electron chi connectivity index (χ0n) is 19.0. The number of rotatable bonds is 5. The summed E-state index contributed by atoms with van der Waals surface area (Å²) in [5.74, 6) is 0.954. The first-order valence-electron chi connectivity index (χ1n) is 11.7. The number of urea groups is 1. The van der Waals surface area contributed by atoms with Crippen molar-refractivity contribution in [3.63, 3.8) is 0 Å². The summed E-state index contributed by atoms with van der Waals surface area (Å²) >= 11 is 0. The number of hydrogen-bond donors (Lipinski definition) is 2. The first-order chi connectivity index (χ1) is 16.2. The molecule has 2 amide bonds. The predicted octanol–water partition coefficient (Wildman–Crippen LogP) is 4.46. The van der Waals surface area contributed by atoms with Crippen LogP contribution in [0.3, 0.4) is 0 Å². The Hall–Kier alpha value is -3.38. The van der Waals surface area contributed by atoms with E-state index in [2.05, 4.69) is 69.9 Å². The molecule has 3 aromatic rings. The summed E-state index contributed by atoms with van der Waals surface area (Å²) in [7, 11) is 0.